The highest BCUT2D eigenvalue weighted by Gasteiger charge is 2.36. The number of aliphatic hydroxyl groups excluding tert-OH is 3. The molecule has 1 fully saturated rings. The molecule has 1 amide bonds. The van der Waals surface area contributed by atoms with E-state index in [9.17, 15) is 30.0 Å². The molecule has 0 aromatic heterocycles. The van der Waals surface area contributed by atoms with Crippen molar-refractivity contribution in [3.05, 3.63) is 36.0 Å². The van der Waals surface area contributed by atoms with Gasteiger partial charge in [-0.25, -0.2) is 4.79 Å². The van der Waals surface area contributed by atoms with Gasteiger partial charge in [0.15, 0.2) is 6.10 Å². The van der Waals surface area contributed by atoms with Gasteiger partial charge in [-0.15, -0.1) is 0 Å². The highest BCUT2D eigenvalue weighted by molar-refractivity contribution is 5.70. The highest BCUT2D eigenvalue weighted by Crippen LogP contribution is 2.29. The topological polar surface area (TPSA) is 158 Å². The number of hydrogen-bond donors (Lipinski definition) is 5. The van der Waals surface area contributed by atoms with Crippen LogP contribution >= 0.6 is 0 Å². The van der Waals surface area contributed by atoms with E-state index in [0.29, 0.717) is 32.2 Å². The maximum atomic E-state index is 13.0. The smallest absolute Gasteiger partial charge is 0.407 e. The van der Waals surface area contributed by atoms with Gasteiger partial charge in [-0.05, 0) is 108 Å². The number of aliphatic hydroxyl groups is 4. The minimum absolute atomic E-state index is 0.0304. The average molecular weight is 737 g/mol. The monoisotopic (exact) mass is 737 g/mol. The second-order valence-electron chi connectivity index (χ2n) is 15.6. The van der Waals surface area contributed by atoms with Crippen molar-refractivity contribution in [1.82, 2.24) is 10.2 Å². The van der Waals surface area contributed by atoms with Gasteiger partial charge < -0.3 is 44.9 Å². The molecule has 0 aromatic carbocycles. The number of allylic oxidation sites excluding steroid dienone is 3. The lowest BCUT2D eigenvalue weighted by atomic mass is 9.87. The number of nitrogens with one attached hydrogen (secondary N) is 1. The van der Waals surface area contributed by atoms with E-state index in [-0.39, 0.29) is 49.2 Å². The van der Waals surface area contributed by atoms with Crippen LogP contribution in [-0.4, -0.2) is 113 Å². The SMILES string of the molecule is CCCC(O)C(C)CC(CC(O)C(C)C/C=C/C=C(\C)C1OC(=O)CC(O)CCC(C)(O)C(OC(=O)NCCN2CCCCC2)/C=C/C1CC)OC. The molecule has 300 valence electrons. The zero-order valence-electron chi connectivity index (χ0n) is 33.2. The number of carbonyl (C=O) groups excluding carboxylic acids is 2. The number of esters is 1. The molecule has 0 radical (unpaired) electrons. The standard InChI is InChI=1S/C41H72N2O9/c1-8-15-35(45)31(5)26-34(50-7)28-36(46)29(3)16-11-12-17-30(4)39-32(9-2)18-19-37(41(6,49)21-20-33(44)27-38(47)52-39)51-40(48)42-22-25-43-23-13-10-14-24-43/h11-12,17-19,29,31-37,39,44-46,49H,8-10,13-16,20-28H2,1-7H3,(H,42,48)/b12-11+,19-18+,30-17+. The molecule has 0 spiro atoms. The molecule has 52 heavy (non-hydrogen) atoms. The van der Waals surface area contributed by atoms with Gasteiger partial charge in [-0.3, -0.25) is 4.79 Å². The van der Waals surface area contributed by atoms with Gasteiger partial charge in [-0.1, -0.05) is 64.8 Å². The van der Waals surface area contributed by atoms with Crippen molar-refractivity contribution in [2.75, 3.05) is 33.3 Å². The van der Waals surface area contributed by atoms with Gasteiger partial charge in [-0.2, -0.15) is 0 Å². The number of nitrogens with zero attached hydrogens (tertiary/aromatic N) is 1. The number of likely N-dealkylation sites (tertiary alicyclic amines) is 1. The fourth-order valence-corrected chi connectivity index (χ4v) is 7.03. The molecular formula is C41H72N2O9. The van der Waals surface area contributed by atoms with Gasteiger partial charge in [0.05, 0.1) is 30.8 Å². The molecule has 0 aliphatic carbocycles. The summed E-state index contributed by atoms with van der Waals surface area (Å²) in [7, 11) is 1.65. The van der Waals surface area contributed by atoms with E-state index in [2.05, 4.69) is 17.1 Å². The lowest BCUT2D eigenvalue weighted by molar-refractivity contribution is -0.151. The van der Waals surface area contributed by atoms with Crippen LogP contribution in [0.2, 0.25) is 0 Å². The number of alkyl carbamates (subject to hydrolysis) is 1. The fraction of sp³-hybridized carbons (Fsp3) is 0.805. The molecule has 0 aromatic rings. The summed E-state index contributed by atoms with van der Waals surface area (Å²) >= 11 is 0. The Bertz CT molecular complexity index is 1120. The summed E-state index contributed by atoms with van der Waals surface area (Å²) in [5.41, 5.74) is -0.690. The molecule has 2 aliphatic rings. The lowest BCUT2D eigenvalue weighted by Gasteiger charge is -2.33. The number of piperidine rings is 1. The summed E-state index contributed by atoms with van der Waals surface area (Å²) in [6.07, 6.45) is 12.6. The number of amides is 1. The molecule has 10 atom stereocenters. The zero-order chi connectivity index (χ0) is 38.7. The predicted octanol–water partition coefficient (Wildman–Crippen LogP) is 5.84. The number of methoxy groups -OCH3 is 1. The highest BCUT2D eigenvalue weighted by atomic mass is 16.6. The molecule has 0 saturated carbocycles. The summed E-state index contributed by atoms with van der Waals surface area (Å²) < 4.78 is 17.4. The van der Waals surface area contributed by atoms with Gasteiger partial charge >= 0.3 is 12.1 Å². The molecule has 2 heterocycles. The fourth-order valence-electron chi connectivity index (χ4n) is 7.03. The quantitative estimate of drug-likeness (QED) is 0.0658. The van der Waals surface area contributed by atoms with E-state index in [1.165, 1.54) is 6.42 Å². The van der Waals surface area contributed by atoms with Crippen molar-refractivity contribution in [3.8, 4) is 0 Å². The summed E-state index contributed by atoms with van der Waals surface area (Å²) in [4.78, 5) is 28.2. The first-order valence-electron chi connectivity index (χ1n) is 19.9. The van der Waals surface area contributed by atoms with Gasteiger partial charge in [0, 0.05) is 26.1 Å². The Morgan fingerprint density at radius 2 is 1.83 bits per heavy atom. The van der Waals surface area contributed by atoms with Crippen molar-refractivity contribution in [2.24, 2.45) is 17.8 Å². The van der Waals surface area contributed by atoms with Crippen LogP contribution in [0.3, 0.4) is 0 Å². The van der Waals surface area contributed by atoms with Crippen molar-refractivity contribution < 1.29 is 44.2 Å². The maximum Gasteiger partial charge on any atom is 0.407 e. The maximum absolute atomic E-state index is 13.0. The summed E-state index contributed by atoms with van der Waals surface area (Å²) in [5.74, 6) is -0.764. The third-order valence-corrected chi connectivity index (χ3v) is 10.9. The van der Waals surface area contributed by atoms with Crippen LogP contribution in [-0.2, 0) is 19.0 Å². The van der Waals surface area contributed by atoms with Crippen LogP contribution in [0.25, 0.3) is 0 Å². The Morgan fingerprint density at radius 3 is 2.48 bits per heavy atom. The summed E-state index contributed by atoms with van der Waals surface area (Å²) in [6.45, 7) is 14.7. The van der Waals surface area contributed by atoms with Crippen LogP contribution in [0, 0.1) is 17.8 Å². The van der Waals surface area contributed by atoms with E-state index < -0.39 is 42.1 Å². The molecule has 2 aliphatic heterocycles. The number of ether oxygens (including phenoxy) is 3. The number of hydrogen-bond acceptors (Lipinski definition) is 10. The molecule has 0 bridgehead atoms. The molecule has 1 saturated heterocycles. The molecule has 10 unspecified atom stereocenters. The van der Waals surface area contributed by atoms with Gasteiger partial charge in [0.25, 0.3) is 0 Å². The van der Waals surface area contributed by atoms with Crippen molar-refractivity contribution >= 4 is 12.1 Å². The first-order chi connectivity index (χ1) is 24.7. The van der Waals surface area contributed by atoms with Crippen LogP contribution in [0.4, 0.5) is 4.79 Å². The molecule has 2 rings (SSSR count). The van der Waals surface area contributed by atoms with E-state index in [1.54, 1.807) is 20.1 Å². The van der Waals surface area contributed by atoms with Gasteiger partial charge in [0.1, 0.15) is 11.7 Å². The first kappa shape index (κ1) is 45.9. The third kappa shape index (κ3) is 16.8. The van der Waals surface area contributed by atoms with Crippen molar-refractivity contribution in [3.63, 3.8) is 0 Å². The van der Waals surface area contributed by atoms with E-state index >= 15 is 0 Å². The minimum Gasteiger partial charge on any atom is -0.457 e. The Hall–Kier alpha value is -2.28. The second-order valence-corrected chi connectivity index (χ2v) is 15.6. The second kappa shape index (κ2) is 24.2. The van der Waals surface area contributed by atoms with E-state index in [4.69, 9.17) is 14.2 Å². The molecule has 5 N–H and O–H groups in total. The van der Waals surface area contributed by atoms with Crippen LogP contribution in [0.1, 0.15) is 119 Å². The number of carbonyl (C=O) groups is 2. The predicted molar refractivity (Wildman–Crippen MR) is 205 cm³/mol. The van der Waals surface area contributed by atoms with E-state index in [0.717, 1.165) is 50.9 Å². The van der Waals surface area contributed by atoms with E-state index in [1.807, 2.05) is 52.0 Å². The molecular weight excluding hydrogens is 664 g/mol. The molecule has 11 heteroatoms. The zero-order valence-corrected chi connectivity index (χ0v) is 33.2. The Kier molecular flexibility index (Phi) is 21.3. The minimum atomic E-state index is -1.48. The Labute approximate surface area is 313 Å². The Morgan fingerprint density at radius 1 is 1.12 bits per heavy atom. The first-order valence-corrected chi connectivity index (χ1v) is 19.9. The van der Waals surface area contributed by atoms with Crippen molar-refractivity contribution in [2.45, 2.75) is 161 Å². The largest absolute Gasteiger partial charge is 0.457 e. The van der Waals surface area contributed by atoms with Gasteiger partial charge in [0.2, 0.25) is 0 Å². The Balaban J connectivity index is 2.12. The average Bonchev–Trinajstić information content (AvgIpc) is 3.11. The molecule has 11 nitrogen and oxygen atoms in total. The van der Waals surface area contributed by atoms with Crippen LogP contribution in [0.15, 0.2) is 36.0 Å². The van der Waals surface area contributed by atoms with Crippen LogP contribution < -0.4 is 5.32 Å². The van der Waals surface area contributed by atoms with Crippen LogP contribution in [0.5, 0.6) is 0 Å². The summed E-state index contributed by atoms with van der Waals surface area (Å²) in [6, 6.07) is 0. The number of rotatable bonds is 18. The van der Waals surface area contributed by atoms with Crippen molar-refractivity contribution in [1.29, 1.82) is 0 Å². The summed E-state index contributed by atoms with van der Waals surface area (Å²) in [5, 5.41) is 46.2. The number of cyclic esters (lactones) is 1. The normalized spacial score (nSPS) is 29.2. The third-order valence-electron chi connectivity index (χ3n) is 10.9. The lowest BCUT2D eigenvalue weighted by Crippen LogP contribution is -2.45.